The highest BCUT2D eigenvalue weighted by Gasteiger charge is 2.45. The summed E-state index contributed by atoms with van der Waals surface area (Å²) >= 11 is 0. The zero-order valence-electron chi connectivity index (χ0n) is 9.25. The topological polar surface area (TPSA) is 46.5 Å². The van der Waals surface area contributed by atoms with Gasteiger partial charge in [0.25, 0.3) is 0 Å². The molecule has 0 unspecified atom stereocenters. The molecule has 1 aliphatic carbocycles. The molecule has 82 valence electrons. The quantitative estimate of drug-likeness (QED) is 0.703. The summed E-state index contributed by atoms with van der Waals surface area (Å²) in [7, 11) is 0. The van der Waals surface area contributed by atoms with Crippen LogP contribution >= 0.6 is 0 Å². The van der Waals surface area contributed by atoms with E-state index in [0.29, 0.717) is 18.4 Å². The van der Waals surface area contributed by atoms with E-state index in [0.717, 1.165) is 12.8 Å². The van der Waals surface area contributed by atoms with Crippen molar-refractivity contribution in [2.24, 2.45) is 11.8 Å². The molecular formula is C11H20O3. The van der Waals surface area contributed by atoms with Crippen molar-refractivity contribution >= 4 is 5.97 Å². The Labute approximate surface area is 85.5 Å². The number of hydrogen-bond donors (Lipinski definition) is 1. The fourth-order valence-electron chi connectivity index (χ4n) is 2.01. The first-order valence-electron chi connectivity index (χ1n) is 5.35. The maximum absolute atomic E-state index is 11.1. The molecule has 1 aliphatic rings. The fourth-order valence-corrected chi connectivity index (χ4v) is 2.01. The minimum absolute atomic E-state index is 0.157. The van der Waals surface area contributed by atoms with Crippen LogP contribution in [0.3, 0.4) is 0 Å². The Bertz CT molecular complexity index is 205. The molecule has 0 aliphatic heterocycles. The van der Waals surface area contributed by atoms with E-state index in [-0.39, 0.29) is 12.4 Å². The van der Waals surface area contributed by atoms with Gasteiger partial charge in [-0.3, -0.25) is 4.79 Å². The second kappa shape index (κ2) is 4.30. The summed E-state index contributed by atoms with van der Waals surface area (Å²) < 4.78 is 4.81. The summed E-state index contributed by atoms with van der Waals surface area (Å²) in [6.45, 7) is 6.46. The van der Waals surface area contributed by atoms with Crippen molar-refractivity contribution in [2.45, 2.75) is 45.6 Å². The fraction of sp³-hybridized carbons (Fsp3) is 0.909. The van der Waals surface area contributed by atoms with E-state index in [4.69, 9.17) is 4.74 Å². The molecule has 0 bridgehead atoms. The van der Waals surface area contributed by atoms with Crippen LogP contribution in [0.15, 0.2) is 0 Å². The molecule has 1 fully saturated rings. The van der Waals surface area contributed by atoms with Gasteiger partial charge in [-0.25, -0.2) is 0 Å². The number of carbonyl (C=O) groups excluding carboxylic acids is 1. The third-order valence-electron chi connectivity index (χ3n) is 3.01. The van der Waals surface area contributed by atoms with E-state index in [1.807, 2.05) is 0 Å². The van der Waals surface area contributed by atoms with Crippen LogP contribution in [0.1, 0.15) is 40.0 Å². The van der Waals surface area contributed by atoms with Crippen molar-refractivity contribution in [3.05, 3.63) is 0 Å². The van der Waals surface area contributed by atoms with Gasteiger partial charge in [0.05, 0.1) is 18.6 Å². The largest absolute Gasteiger partial charge is 0.466 e. The molecule has 0 amide bonds. The minimum atomic E-state index is -0.777. The average molecular weight is 200 g/mol. The van der Waals surface area contributed by atoms with Gasteiger partial charge in [0.15, 0.2) is 0 Å². The van der Waals surface area contributed by atoms with Gasteiger partial charge in [0.2, 0.25) is 0 Å². The second-order valence-electron chi connectivity index (χ2n) is 4.62. The van der Waals surface area contributed by atoms with Gasteiger partial charge in [0.1, 0.15) is 0 Å². The van der Waals surface area contributed by atoms with E-state index in [9.17, 15) is 9.90 Å². The zero-order chi connectivity index (χ0) is 10.8. The predicted molar refractivity (Wildman–Crippen MR) is 53.8 cm³/mol. The van der Waals surface area contributed by atoms with Crippen LogP contribution < -0.4 is 0 Å². The van der Waals surface area contributed by atoms with E-state index in [2.05, 4.69) is 13.8 Å². The molecule has 14 heavy (non-hydrogen) atoms. The number of aliphatic hydroxyl groups is 1. The first kappa shape index (κ1) is 11.5. The molecule has 1 saturated carbocycles. The Morgan fingerprint density at radius 3 is 2.57 bits per heavy atom. The van der Waals surface area contributed by atoms with Crippen LogP contribution in [-0.4, -0.2) is 23.3 Å². The van der Waals surface area contributed by atoms with E-state index < -0.39 is 5.60 Å². The zero-order valence-corrected chi connectivity index (χ0v) is 9.25. The molecule has 3 heteroatoms. The van der Waals surface area contributed by atoms with Gasteiger partial charge in [-0.1, -0.05) is 13.8 Å². The van der Waals surface area contributed by atoms with Crippen molar-refractivity contribution in [3.63, 3.8) is 0 Å². The monoisotopic (exact) mass is 200 g/mol. The summed E-state index contributed by atoms with van der Waals surface area (Å²) in [5.41, 5.74) is -0.777. The van der Waals surface area contributed by atoms with E-state index in [1.54, 1.807) is 6.92 Å². The second-order valence-corrected chi connectivity index (χ2v) is 4.62. The van der Waals surface area contributed by atoms with Crippen molar-refractivity contribution in [1.82, 2.24) is 0 Å². The van der Waals surface area contributed by atoms with Gasteiger partial charge in [0, 0.05) is 0 Å². The lowest BCUT2D eigenvalue weighted by Crippen LogP contribution is -2.47. The van der Waals surface area contributed by atoms with Crippen LogP contribution in [0, 0.1) is 11.8 Å². The molecule has 0 atom stereocenters. The number of ether oxygens (including phenoxy) is 1. The highest BCUT2D eigenvalue weighted by Crippen LogP contribution is 2.44. The van der Waals surface area contributed by atoms with Gasteiger partial charge >= 0.3 is 5.97 Å². The predicted octanol–water partition coefficient (Wildman–Crippen LogP) is 1.74. The number of esters is 1. The van der Waals surface area contributed by atoms with Crippen LogP contribution in [0.4, 0.5) is 0 Å². The molecule has 0 spiro atoms. The van der Waals surface area contributed by atoms with Crippen LogP contribution in [-0.2, 0) is 9.53 Å². The summed E-state index contributed by atoms with van der Waals surface area (Å²) in [4.78, 5) is 11.1. The van der Waals surface area contributed by atoms with E-state index >= 15 is 0 Å². The van der Waals surface area contributed by atoms with Crippen LogP contribution in [0.5, 0.6) is 0 Å². The van der Waals surface area contributed by atoms with Crippen molar-refractivity contribution in [1.29, 1.82) is 0 Å². The van der Waals surface area contributed by atoms with Crippen molar-refractivity contribution in [3.8, 4) is 0 Å². The van der Waals surface area contributed by atoms with Crippen LogP contribution in [0.2, 0.25) is 0 Å². The molecule has 1 rings (SSSR count). The normalized spacial score (nSPS) is 31.4. The molecule has 0 heterocycles. The molecule has 0 aromatic rings. The summed E-state index contributed by atoms with van der Waals surface area (Å²) in [5.74, 6) is 0.879. The lowest BCUT2D eigenvalue weighted by Gasteiger charge is -2.45. The Morgan fingerprint density at radius 2 is 2.14 bits per heavy atom. The SMILES string of the molecule is CCOC(=O)CC1(O)CC(C(C)C)C1. The Hall–Kier alpha value is -0.570. The number of carbonyl (C=O) groups is 1. The lowest BCUT2D eigenvalue weighted by molar-refractivity contribution is -0.157. The summed E-state index contributed by atoms with van der Waals surface area (Å²) in [6.07, 6.45) is 1.64. The Morgan fingerprint density at radius 1 is 1.57 bits per heavy atom. The first-order valence-corrected chi connectivity index (χ1v) is 5.35. The van der Waals surface area contributed by atoms with Crippen molar-refractivity contribution < 1.29 is 14.6 Å². The first-order chi connectivity index (χ1) is 6.47. The van der Waals surface area contributed by atoms with E-state index in [1.165, 1.54) is 0 Å². The van der Waals surface area contributed by atoms with Crippen molar-refractivity contribution in [2.75, 3.05) is 6.61 Å². The molecule has 0 saturated heterocycles. The highest BCUT2D eigenvalue weighted by atomic mass is 16.5. The molecule has 3 nitrogen and oxygen atoms in total. The number of hydrogen-bond acceptors (Lipinski definition) is 3. The smallest absolute Gasteiger partial charge is 0.308 e. The third kappa shape index (κ3) is 2.71. The van der Waals surface area contributed by atoms with Crippen LogP contribution in [0.25, 0.3) is 0 Å². The van der Waals surface area contributed by atoms with Gasteiger partial charge in [-0.2, -0.15) is 0 Å². The van der Waals surface area contributed by atoms with Gasteiger partial charge in [-0.15, -0.1) is 0 Å². The molecule has 0 radical (unpaired) electrons. The standard InChI is InChI=1S/C11H20O3/c1-4-14-10(12)7-11(13)5-9(6-11)8(2)3/h8-9,13H,4-7H2,1-3H3. The Balaban J connectivity index is 2.30. The maximum Gasteiger partial charge on any atom is 0.308 e. The van der Waals surface area contributed by atoms with Gasteiger partial charge in [-0.05, 0) is 31.6 Å². The lowest BCUT2D eigenvalue weighted by atomic mass is 9.65. The summed E-state index contributed by atoms with van der Waals surface area (Å²) in [6, 6.07) is 0. The molecular weight excluding hydrogens is 180 g/mol. The molecule has 1 N–H and O–H groups in total. The molecule has 0 aromatic heterocycles. The highest BCUT2D eigenvalue weighted by molar-refractivity contribution is 5.70. The maximum atomic E-state index is 11.1. The number of rotatable bonds is 4. The Kier molecular flexibility index (Phi) is 3.53. The van der Waals surface area contributed by atoms with Gasteiger partial charge < -0.3 is 9.84 Å². The molecule has 0 aromatic carbocycles. The third-order valence-corrected chi connectivity index (χ3v) is 3.01. The summed E-state index contributed by atoms with van der Waals surface area (Å²) in [5, 5.41) is 9.93. The average Bonchev–Trinajstić information content (AvgIpc) is 1.99. The minimum Gasteiger partial charge on any atom is -0.466 e.